The van der Waals surface area contributed by atoms with Gasteiger partial charge in [-0.25, -0.2) is 0 Å². The Morgan fingerprint density at radius 1 is 0.882 bits per heavy atom. The van der Waals surface area contributed by atoms with Crippen molar-refractivity contribution in [3.05, 3.63) is 62.7 Å². The van der Waals surface area contributed by atoms with Gasteiger partial charge in [0.1, 0.15) is 0 Å². The molecule has 0 aromatic heterocycles. The average molecular weight is 264 g/mol. The van der Waals surface area contributed by atoms with E-state index in [1.807, 2.05) is 0 Å². The molecule has 17 heavy (non-hydrogen) atoms. The number of hydrogen-bond donors (Lipinski definition) is 0. The zero-order valence-corrected chi connectivity index (χ0v) is 13.1. The van der Waals surface area contributed by atoms with Crippen molar-refractivity contribution in [2.24, 2.45) is 0 Å². The molecule has 0 unspecified atom stereocenters. The van der Waals surface area contributed by atoms with Crippen LogP contribution in [-0.2, 0) is 21.7 Å². The Balaban J connectivity index is -0.000000248. The molecule has 1 heteroatoms. The standard InChI is InChI=1S/C10H9.3C2H5.Ti/c1-8-6-9-4-2-3-5-10(9)7-8;3*1-2;/h2-7H,1H3;3*1H2,2H3;/q4*-1;+4. The van der Waals surface area contributed by atoms with Crippen LogP contribution in [0.15, 0.2) is 36.4 Å². The second-order valence-electron chi connectivity index (χ2n) is 2.66. The zero-order chi connectivity index (χ0) is 13.0. The maximum atomic E-state index is 3.25. The van der Waals surface area contributed by atoms with E-state index in [-0.39, 0.29) is 21.7 Å². The van der Waals surface area contributed by atoms with Gasteiger partial charge in [-0.2, -0.15) is 26.8 Å². The van der Waals surface area contributed by atoms with E-state index in [1.54, 1.807) is 20.8 Å². The van der Waals surface area contributed by atoms with E-state index in [4.69, 9.17) is 0 Å². The first-order chi connectivity index (χ1) is 7.86. The van der Waals surface area contributed by atoms with Crippen LogP contribution in [0.5, 0.6) is 0 Å². The summed E-state index contributed by atoms with van der Waals surface area (Å²) >= 11 is 0. The van der Waals surface area contributed by atoms with E-state index in [2.05, 4.69) is 64.1 Å². The summed E-state index contributed by atoms with van der Waals surface area (Å²) in [7, 11) is 0. The third-order valence-corrected chi connectivity index (χ3v) is 1.76. The van der Waals surface area contributed by atoms with Gasteiger partial charge < -0.3 is 20.8 Å². The van der Waals surface area contributed by atoms with Crippen LogP contribution in [0.4, 0.5) is 0 Å². The fourth-order valence-corrected chi connectivity index (χ4v) is 1.31. The van der Waals surface area contributed by atoms with Crippen molar-refractivity contribution in [2.45, 2.75) is 27.7 Å². The number of rotatable bonds is 0. The van der Waals surface area contributed by atoms with Gasteiger partial charge in [-0.05, 0) is 0 Å². The summed E-state index contributed by atoms with van der Waals surface area (Å²) in [5.74, 6) is 0. The largest absolute Gasteiger partial charge is 4.00 e. The third kappa shape index (κ3) is 8.29. The summed E-state index contributed by atoms with van der Waals surface area (Å²) in [5.41, 5.74) is 1.35. The van der Waals surface area contributed by atoms with Gasteiger partial charge >= 0.3 is 21.7 Å². The van der Waals surface area contributed by atoms with Crippen molar-refractivity contribution in [2.75, 3.05) is 0 Å². The van der Waals surface area contributed by atoms with Crippen molar-refractivity contribution >= 4 is 10.8 Å². The van der Waals surface area contributed by atoms with E-state index in [9.17, 15) is 0 Å². The van der Waals surface area contributed by atoms with Gasteiger partial charge in [0.25, 0.3) is 0 Å². The Labute approximate surface area is 123 Å². The molecule has 0 aliphatic heterocycles. The minimum atomic E-state index is 0. The molecule has 92 valence electrons. The van der Waals surface area contributed by atoms with Gasteiger partial charge in [0, 0.05) is 0 Å². The fraction of sp³-hybridized carbons (Fsp3) is 0.250. The molecule has 0 saturated heterocycles. The minimum Gasteiger partial charge on any atom is -0.346 e. The van der Waals surface area contributed by atoms with Gasteiger partial charge in [-0.3, -0.25) is 0 Å². The molecule has 0 spiro atoms. The molecule has 0 fully saturated rings. The Morgan fingerprint density at radius 3 is 1.82 bits per heavy atom. The molecule has 0 radical (unpaired) electrons. The van der Waals surface area contributed by atoms with Crippen LogP contribution in [0, 0.1) is 27.7 Å². The van der Waals surface area contributed by atoms with Crippen LogP contribution in [0.25, 0.3) is 10.8 Å². The van der Waals surface area contributed by atoms with Gasteiger partial charge in [0.05, 0.1) is 0 Å². The normalized spacial score (nSPS) is 7.24. The van der Waals surface area contributed by atoms with E-state index in [0.29, 0.717) is 0 Å². The van der Waals surface area contributed by atoms with Crippen LogP contribution in [0.3, 0.4) is 0 Å². The fourth-order valence-electron chi connectivity index (χ4n) is 1.31. The predicted molar refractivity (Wildman–Crippen MR) is 77.4 cm³/mol. The van der Waals surface area contributed by atoms with Crippen molar-refractivity contribution in [3.63, 3.8) is 0 Å². The minimum absolute atomic E-state index is 0. The molecule has 0 nitrogen and oxygen atoms in total. The van der Waals surface area contributed by atoms with Gasteiger partial charge in [0.2, 0.25) is 0 Å². The van der Waals surface area contributed by atoms with Crippen molar-refractivity contribution < 1.29 is 21.7 Å². The van der Waals surface area contributed by atoms with Crippen LogP contribution in [0.2, 0.25) is 0 Å². The first-order valence-corrected chi connectivity index (χ1v) is 5.60. The maximum Gasteiger partial charge on any atom is 4.00 e. The topological polar surface area (TPSA) is 0 Å². The molecule has 0 bridgehead atoms. The molecular weight excluding hydrogens is 240 g/mol. The summed E-state index contributed by atoms with van der Waals surface area (Å²) in [6, 6.07) is 12.8. The first kappa shape index (κ1) is 21.8. The van der Waals surface area contributed by atoms with Crippen LogP contribution < -0.4 is 0 Å². The quantitative estimate of drug-likeness (QED) is 0.442. The molecular formula is C16H24Ti. The predicted octanol–water partition coefficient (Wildman–Crippen LogP) is 5.39. The summed E-state index contributed by atoms with van der Waals surface area (Å²) < 4.78 is 0. The molecule has 2 aromatic rings. The van der Waals surface area contributed by atoms with E-state index < -0.39 is 0 Å². The van der Waals surface area contributed by atoms with Crippen molar-refractivity contribution in [1.29, 1.82) is 0 Å². The number of hydrogen-bond acceptors (Lipinski definition) is 0. The van der Waals surface area contributed by atoms with Gasteiger partial charge in [-0.1, -0.05) is 13.0 Å². The maximum absolute atomic E-state index is 3.25. The summed E-state index contributed by atoms with van der Waals surface area (Å²) in [6.45, 7) is 17.1. The Morgan fingerprint density at radius 2 is 1.35 bits per heavy atom. The van der Waals surface area contributed by atoms with Crippen LogP contribution >= 0.6 is 0 Å². The van der Waals surface area contributed by atoms with E-state index in [0.717, 1.165) is 0 Å². The molecule has 0 atom stereocenters. The molecule has 0 heterocycles. The average Bonchev–Trinajstić information content (AvgIpc) is 2.76. The molecule has 0 aliphatic rings. The SMILES string of the molecule is Cc1cc2ccccc2[cH-]1.[CH2-]C.[CH2-]C.[CH2-]C.[Ti+4]. The smallest absolute Gasteiger partial charge is 0.346 e. The molecule has 2 aromatic carbocycles. The van der Waals surface area contributed by atoms with Crippen molar-refractivity contribution in [1.82, 2.24) is 0 Å². The second kappa shape index (κ2) is 15.5. The Hall–Kier alpha value is -0.456. The van der Waals surface area contributed by atoms with Crippen molar-refractivity contribution in [3.8, 4) is 0 Å². The Bertz CT molecular complexity index is 314. The molecule has 0 amide bonds. The molecule has 0 N–H and O–H groups in total. The van der Waals surface area contributed by atoms with Crippen LogP contribution in [0.1, 0.15) is 26.3 Å². The van der Waals surface area contributed by atoms with Gasteiger partial charge in [0.15, 0.2) is 0 Å². The summed E-state index contributed by atoms with van der Waals surface area (Å²) in [6.07, 6.45) is 0. The second-order valence-corrected chi connectivity index (χ2v) is 2.66. The summed E-state index contributed by atoms with van der Waals surface area (Å²) in [4.78, 5) is 0. The molecule has 2 rings (SSSR count). The first-order valence-electron chi connectivity index (χ1n) is 5.60. The molecule has 0 saturated carbocycles. The summed E-state index contributed by atoms with van der Waals surface area (Å²) in [5, 5.41) is 2.69. The number of aryl methyl sites for hydroxylation is 1. The monoisotopic (exact) mass is 264 g/mol. The molecule has 0 aliphatic carbocycles. The number of fused-ring (bicyclic) bond motifs is 1. The number of benzene rings is 1. The zero-order valence-electron chi connectivity index (χ0n) is 11.6. The van der Waals surface area contributed by atoms with E-state index in [1.165, 1.54) is 16.3 Å². The van der Waals surface area contributed by atoms with Gasteiger partial charge in [-0.15, -0.1) is 40.6 Å². The third-order valence-electron chi connectivity index (χ3n) is 1.76. The Kier molecular flexibility index (Phi) is 19.9. The van der Waals surface area contributed by atoms with E-state index >= 15 is 0 Å². The van der Waals surface area contributed by atoms with Crippen LogP contribution in [-0.4, -0.2) is 0 Å².